The summed E-state index contributed by atoms with van der Waals surface area (Å²) in [5.74, 6) is -0.629. The minimum atomic E-state index is -0.420. The van der Waals surface area contributed by atoms with Gasteiger partial charge in [0.2, 0.25) is 5.91 Å². The Morgan fingerprint density at radius 1 is 1.12 bits per heavy atom. The Kier molecular flexibility index (Phi) is 8.37. The molecular formula is C27H31BrF2N2O2. The number of amides is 1. The number of methoxy groups -OCH3 is 1. The molecule has 182 valence electrons. The van der Waals surface area contributed by atoms with Crippen molar-refractivity contribution in [3.05, 3.63) is 69.8 Å². The smallest absolute Gasteiger partial charge is 0.222 e. The summed E-state index contributed by atoms with van der Waals surface area (Å²) in [5.41, 5.74) is 2.43. The molecule has 0 radical (unpaired) electrons. The van der Waals surface area contributed by atoms with Crippen molar-refractivity contribution in [2.24, 2.45) is 0 Å². The number of likely N-dealkylation sites (tertiary alicyclic amines) is 1. The second-order valence-corrected chi connectivity index (χ2v) is 9.93. The van der Waals surface area contributed by atoms with Gasteiger partial charge in [-0.2, -0.15) is 0 Å². The van der Waals surface area contributed by atoms with Crippen LogP contribution in [-0.4, -0.2) is 42.2 Å². The predicted octanol–water partition coefficient (Wildman–Crippen LogP) is 6.45. The van der Waals surface area contributed by atoms with Gasteiger partial charge in [-0.15, -0.1) is 0 Å². The zero-order valence-electron chi connectivity index (χ0n) is 19.5. The first kappa shape index (κ1) is 24.9. The normalized spacial score (nSPS) is 16.4. The van der Waals surface area contributed by atoms with Crippen LogP contribution in [0.3, 0.4) is 0 Å². The summed E-state index contributed by atoms with van der Waals surface area (Å²) in [7, 11) is 1.64. The van der Waals surface area contributed by atoms with Crippen molar-refractivity contribution in [3.8, 4) is 0 Å². The van der Waals surface area contributed by atoms with Crippen LogP contribution in [0, 0.1) is 11.6 Å². The molecule has 1 aromatic heterocycles. The van der Waals surface area contributed by atoms with Gasteiger partial charge in [-0.25, -0.2) is 8.78 Å². The van der Waals surface area contributed by atoms with Crippen molar-refractivity contribution in [1.82, 2.24) is 9.47 Å². The number of piperidine rings is 1. The number of benzene rings is 2. The minimum Gasteiger partial charge on any atom is -0.385 e. The molecule has 0 saturated carbocycles. The van der Waals surface area contributed by atoms with Gasteiger partial charge in [-0.1, -0.05) is 28.1 Å². The maximum atomic E-state index is 14.7. The van der Waals surface area contributed by atoms with E-state index in [9.17, 15) is 13.6 Å². The maximum Gasteiger partial charge on any atom is 0.222 e. The molecule has 1 aliphatic heterocycles. The number of halogens is 3. The fourth-order valence-electron chi connectivity index (χ4n) is 4.97. The molecule has 4 rings (SSSR count). The van der Waals surface area contributed by atoms with Crippen molar-refractivity contribution in [3.63, 3.8) is 0 Å². The van der Waals surface area contributed by atoms with Crippen LogP contribution in [-0.2, 0) is 22.5 Å². The molecule has 3 aromatic rings. The van der Waals surface area contributed by atoms with Crippen molar-refractivity contribution in [2.45, 2.75) is 51.0 Å². The number of hydrogen-bond donors (Lipinski definition) is 0. The summed E-state index contributed by atoms with van der Waals surface area (Å²) in [4.78, 5) is 14.9. The first-order valence-corrected chi connectivity index (χ1v) is 12.8. The number of ether oxygens (including phenoxy) is 1. The van der Waals surface area contributed by atoms with Gasteiger partial charge in [0.1, 0.15) is 11.6 Å². The molecule has 1 amide bonds. The van der Waals surface area contributed by atoms with Gasteiger partial charge in [0.25, 0.3) is 0 Å². The molecule has 1 atom stereocenters. The summed E-state index contributed by atoms with van der Waals surface area (Å²) in [6.07, 6.45) is 4.65. The SMILES string of the molecule is COCCCn1c(C2CCCN(C(=O)CCCc3ccc(Br)cc3)C2)cc2c(F)ccc(F)c21. The second kappa shape index (κ2) is 11.5. The van der Waals surface area contributed by atoms with Gasteiger partial charge in [0.15, 0.2) is 0 Å². The van der Waals surface area contributed by atoms with Crippen LogP contribution >= 0.6 is 15.9 Å². The van der Waals surface area contributed by atoms with Gasteiger partial charge in [0.05, 0.1) is 5.52 Å². The van der Waals surface area contributed by atoms with Crippen LogP contribution in [0.25, 0.3) is 10.9 Å². The fourth-order valence-corrected chi connectivity index (χ4v) is 5.23. The molecule has 1 unspecified atom stereocenters. The van der Waals surface area contributed by atoms with E-state index in [1.165, 1.54) is 17.7 Å². The number of aromatic nitrogens is 1. The third kappa shape index (κ3) is 5.69. The highest BCUT2D eigenvalue weighted by Gasteiger charge is 2.28. The van der Waals surface area contributed by atoms with E-state index in [-0.39, 0.29) is 11.8 Å². The van der Waals surface area contributed by atoms with Crippen molar-refractivity contribution < 1.29 is 18.3 Å². The maximum absolute atomic E-state index is 14.7. The molecule has 0 aliphatic carbocycles. The lowest BCUT2D eigenvalue weighted by Crippen LogP contribution is -2.39. The lowest BCUT2D eigenvalue weighted by molar-refractivity contribution is -0.132. The molecule has 0 bridgehead atoms. The van der Waals surface area contributed by atoms with E-state index < -0.39 is 11.6 Å². The van der Waals surface area contributed by atoms with E-state index in [1.54, 1.807) is 13.2 Å². The number of hydrogen-bond acceptors (Lipinski definition) is 2. The van der Waals surface area contributed by atoms with Crippen molar-refractivity contribution in [1.29, 1.82) is 0 Å². The molecule has 7 heteroatoms. The Bertz CT molecular complexity index is 1130. The Hall–Kier alpha value is -2.25. The van der Waals surface area contributed by atoms with Crippen LogP contribution in [0.5, 0.6) is 0 Å². The third-order valence-electron chi connectivity index (χ3n) is 6.68. The quantitative estimate of drug-likeness (QED) is 0.297. The molecule has 34 heavy (non-hydrogen) atoms. The third-order valence-corrected chi connectivity index (χ3v) is 7.21. The first-order valence-electron chi connectivity index (χ1n) is 12.0. The van der Waals surface area contributed by atoms with E-state index in [1.807, 2.05) is 21.6 Å². The molecule has 4 nitrogen and oxygen atoms in total. The Balaban J connectivity index is 1.47. The van der Waals surface area contributed by atoms with Crippen LogP contribution < -0.4 is 0 Å². The highest BCUT2D eigenvalue weighted by molar-refractivity contribution is 9.10. The van der Waals surface area contributed by atoms with E-state index in [4.69, 9.17) is 4.74 Å². The van der Waals surface area contributed by atoms with Crippen molar-refractivity contribution >= 4 is 32.7 Å². The Morgan fingerprint density at radius 3 is 2.65 bits per heavy atom. The number of nitrogens with zero attached hydrogens (tertiary/aromatic N) is 2. The molecule has 1 aliphatic rings. The summed E-state index contributed by atoms with van der Waals surface area (Å²) < 4.78 is 37.4. The van der Waals surface area contributed by atoms with E-state index in [2.05, 4.69) is 28.1 Å². The highest BCUT2D eigenvalue weighted by Crippen LogP contribution is 2.34. The summed E-state index contributed by atoms with van der Waals surface area (Å²) in [5, 5.41) is 0.311. The fraction of sp³-hybridized carbons (Fsp3) is 0.444. The van der Waals surface area contributed by atoms with Gasteiger partial charge >= 0.3 is 0 Å². The van der Waals surface area contributed by atoms with Crippen LogP contribution in [0.15, 0.2) is 46.9 Å². The van der Waals surface area contributed by atoms with Crippen LogP contribution in [0.1, 0.15) is 49.3 Å². The number of carbonyl (C=O) groups is 1. The Morgan fingerprint density at radius 2 is 1.88 bits per heavy atom. The summed E-state index contributed by atoms with van der Waals surface area (Å²) in [6, 6.07) is 12.3. The lowest BCUT2D eigenvalue weighted by atomic mass is 9.94. The standard InChI is InChI=1S/C27H31BrF2N2O2/c1-34-16-4-15-32-25(17-22-23(29)12-13-24(30)27(22)32)20-6-3-14-31(18-20)26(33)7-2-5-19-8-10-21(28)11-9-19/h8-13,17,20H,2-7,14-16,18H2,1H3. The Labute approximate surface area is 208 Å². The largest absolute Gasteiger partial charge is 0.385 e. The van der Waals surface area contributed by atoms with E-state index in [0.717, 1.165) is 42.4 Å². The second-order valence-electron chi connectivity index (χ2n) is 9.02. The van der Waals surface area contributed by atoms with Crippen LogP contribution in [0.4, 0.5) is 8.78 Å². The highest BCUT2D eigenvalue weighted by atomic mass is 79.9. The molecule has 2 aromatic carbocycles. The average molecular weight is 533 g/mol. The topological polar surface area (TPSA) is 34.5 Å². The predicted molar refractivity (Wildman–Crippen MR) is 134 cm³/mol. The number of rotatable bonds is 9. The van der Waals surface area contributed by atoms with Gasteiger partial charge in [-0.3, -0.25) is 4.79 Å². The van der Waals surface area contributed by atoms with E-state index >= 15 is 0 Å². The number of fused-ring (bicyclic) bond motifs is 1. The molecule has 0 spiro atoms. The molecular weight excluding hydrogens is 502 g/mol. The summed E-state index contributed by atoms with van der Waals surface area (Å²) in [6.45, 7) is 2.41. The number of carbonyl (C=O) groups excluding carboxylic acids is 1. The number of aryl methyl sites for hydroxylation is 2. The van der Waals surface area contributed by atoms with Crippen LogP contribution in [0.2, 0.25) is 0 Å². The van der Waals surface area contributed by atoms with Gasteiger partial charge < -0.3 is 14.2 Å². The summed E-state index contributed by atoms with van der Waals surface area (Å²) >= 11 is 3.44. The van der Waals surface area contributed by atoms with Crippen molar-refractivity contribution in [2.75, 3.05) is 26.8 Å². The first-order chi connectivity index (χ1) is 16.5. The molecule has 1 saturated heterocycles. The zero-order valence-corrected chi connectivity index (χ0v) is 21.1. The minimum absolute atomic E-state index is 0.0536. The molecule has 0 N–H and O–H groups in total. The van der Waals surface area contributed by atoms with E-state index in [0.29, 0.717) is 43.4 Å². The molecule has 2 heterocycles. The monoisotopic (exact) mass is 532 g/mol. The average Bonchev–Trinajstić information content (AvgIpc) is 3.24. The lowest BCUT2D eigenvalue weighted by Gasteiger charge is -2.33. The van der Waals surface area contributed by atoms with Gasteiger partial charge in [-0.05, 0) is 68.0 Å². The van der Waals surface area contributed by atoms with Gasteiger partial charge in [0, 0.05) is 61.2 Å². The zero-order chi connectivity index (χ0) is 24.1. The molecule has 1 fully saturated rings.